The van der Waals surface area contributed by atoms with Crippen LogP contribution in [0.15, 0.2) is 12.1 Å². The van der Waals surface area contributed by atoms with Gasteiger partial charge in [0.05, 0.1) is 6.61 Å². The van der Waals surface area contributed by atoms with E-state index in [9.17, 15) is 14.6 Å². The molecule has 1 atom stereocenters. The average molecular weight is 367 g/mol. The minimum Gasteiger partial charge on any atom is -0.778 e. The second-order valence-corrected chi connectivity index (χ2v) is 9.85. The quantitative estimate of drug-likeness (QED) is 0.651. The zero-order valence-corrected chi connectivity index (χ0v) is 18.5. The average Bonchev–Trinajstić information content (AvgIpc) is 2.34. The summed E-state index contributed by atoms with van der Waals surface area (Å²) in [5.41, 5.74) is 1.88. The predicted molar refractivity (Wildman–Crippen MR) is 94.2 cm³/mol. The van der Waals surface area contributed by atoms with Gasteiger partial charge in [-0.1, -0.05) is 48.5 Å². The van der Waals surface area contributed by atoms with Gasteiger partial charge in [0.15, 0.2) is 0 Å². The van der Waals surface area contributed by atoms with E-state index in [-0.39, 0.29) is 67.1 Å². The van der Waals surface area contributed by atoms with Crippen LogP contribution in [0.25, 0.3) is 0 Å². The van der Waals surface area contributed by atoms with Gasteiger partial charge in [0, 0.05) is 6.16 Å². The van der Waals surface area contributed by atoms with Crippen molar-refractivity contribution >= 4 is 45.3 Å². The van der Waals surface area contributed by atoms with E-state index >= 15 is 0 Å². The van der Waals surface area contributed by atoms with Gasteiger partial charge in [-0.3, -0.25) is 0 Å². The number of aromatic hydroxyl groups is 1. The first-order valence-corrected chi connectivity index (χ1v) is 9.32. The standard InChI is InChI=1S/C17H29O4P.Ca/c1-8-22(19,20)21-11-12-9-13(16(2,3)4)15(18)14(10-12)17(5,6)7;/h9-10,18H,8,11H2,1-7H3,(H,19,20);/q;+1/p-1. The van der Waals surface area contributed by atoms with Crippen LogP contribution < -0.4 is 4.89 Å². The molecular formula is C17H28CaO4P. The summed E-state index contributed by atoms with van der Waals surface area (Å²) in [5, 5.41) is 10.6. The first-order valence-electron chi connectivity index (χ1n) is 7.59. The summed E-state index contributed by atoms with van der Waals surface area (Å²) in [6.07, 6.45) is -0.0245. The molecular weight excluding hydrogens is 339 g/mol. The molecule has 0 amide bonds. The first kappa shape index (κ1) is 23.4. The molecule has 0 bridgehead atoms. The Morgan fingerprint density at radius 3 is 1.78 bits per heavy atom. The molecule has 0 aliphatic rings. The summed E-state index contributed by atoms with van der Waals surface area (Å²) >= 11 is 0. The van der Waals surface area contributed by atoms with E-state index in [1.165, 1.54) is 0 Å². The van der Waals surface area contributed by atoms with Crippen molar-refractivity contribution in [3.63, 3.8) is 0 Å². The van der Waals surface area contributed by atoms with Gasteiger partial charge in [-0.05, 0) is 39.7 Å². The maximum Gasteiger partial charge on any atom is 1.00 e. The van der Waals surface area contributed by atoms with Crippen molar-refractivity contribution in [3.05, 3.63) is 28.8 Å². The minimum atomic E-state index is -3.77. The maximum atomic E-state index is 11.6. The van der Waals surface area contributed by atoms with Crippen molar-refractivity contribution in [2.24, 2.45) is 0 Å². The molecule has 0 spiro atoms. The van der Waals surface area contributed by atoms with Gasteiger partial charge < -0.3 is 19.1 Å². The van der Waals surface area contributed by atoms with Gasteiger partial charge in [0.2, 0.25) is 0 Å². The molecule has 23 heavy (non-hydrogen) atoms. The summed E-state index contributed by atoms with van der Waals surface area (Å²) in [7, 11) is -3.77. The topological polar surface area (TPSA) is 69.6 Å². The Kier molecular flexibility index (Phi) is 8.36. The van der Waals surface area contributed by atoms with Gasteiger partial charge in [0.25, 0.3) is 0 Å². The van der Waals surface area contributed by atoms with E-state index in [1.54, 1.807) is 6.92 Å². The number of rotatable bonds is 4. The van der Waals surface area contributed by atoms with Crippen LogP contribution in [0.1, 0.15) is 65.2 Å². The molecule has 1 aromatic carbocycles. The molecule has 6 heteroatoms. The monoisotopic (exact) mass is 367 g/mol. The summed E-state index contributed by atoms with van der Waals surface area (Å²) < 4.78 is 16.6. The fourth-order valence-corrected chi connectivity index (χ4v) is 2.71. The molecule has 0 heterocycles. The fraction of sp³-hybridized carbons (Fsp3) is 0.647. The molecule has 1 unspecified atom stereocenters. The smallest absolute Gasteiger partial charge is 0.778 e. The maximum absolute atomic E-state index is 11.6. The van der Waals surface area contributed by atoms with Crippen LogP contribution in [0.3, 0.4) is 0 Å². The van der Waals surface area contributed by atoms with E-state index in [0.717, 1.165) is 16.7 Å². The van der Waals surface area contributed by atoms with E-state index in [4.69, 9.17) is 4.52 Å². The van der Waals surface area contributed by atoms with Crippen molar-refractivity contribution < 1.29 is 19.1 Å². The predicted octanol–water partition coefficient (Wildman–Crippen LogP) is 3.70. The van der Waals surface area contributed by atoms with E-state index in [2.05, 4.69) is 0 Å². The van der Waals surface area contributed by atoms with Crippen LogP contribution in [0.5, 0.6) is 5.75 Å². The van der Waals surface area contributed by atoms with Crippen LogP contribution in [0.4, 0.5) is 0 Å². The van der Waals surface area contributed by atoms with Crippen molar-refractivity contribution in [1.29, 1.82) is 0 Å². The van der Waals surface area contributed by atoms with E-state index < -0.39 is 7.60 Å². The summed E-state index contributed by atoms with van der Waals surface area (Å²) in [5.74, 6) is 0.282. The Bertz CT molecular complexity index is 550. The molecule has 1 rings (SSSR count). The molecule has 0 fully saturated rings. The molecule has 0 saturated heterocycles. The second-order valence-electron chi connectivity index (χ2n) is 7.74. The Balaban J connectivity index is 0.00000484. The molecule has 0 aliphatic carbocycles. The third-order valence-corrected chi connectivity index (χ3v) is 4.90. The van der Waals surface area contributed by atoms with Gasteiger partial charge in [0.1, 0.15) is 13.3 Å². The molecule has 0 aliphatic heterocycles. The molecule has 0 aromatic heterocycles. The van der Waals surface area contributed by atoms with Crippen LogP contribution in [-0.4, -0.2) is 49.0 Å². The van der Waals surface area contributed by atoms with Crippen LogP contribution >= 0.6 is 7.60 Å². The minimum absolute atomic E-state index is 0. The second kappa shape index (κ2) is 8.21. The molecule has 0 saturated carbocycles. The van der Waals surface area contributed by atoms with Gasteiger partial charge in [-0.15, -0.1) is 0 Å². The number of hydrogen-bond acceptors (Lipinski definition) is 4. The van der Waals surface area contributed by atoms with E-state index in [1.807, 2.05) is 53.7 Å². The third-order valence-electron chi connectivity index (χ3n) is 3.60. The third kappa shape index (κ3) is 6.68. The first-order chi connectivity index (χ1) is 9.78. The Morgan fingerprint density at radius 2 is 1.48 bits per heavy atom. The van der Waals surface area contributed by atoms with E-state index in [0.29, 0.717) is 0 Å². The zero-order valence-electron chi connectivity index (χ0n) is 15.4. The molecule has 1 N–H and O–H groups in total. The SMILES string of the molecule is CCP(=O)([O-])OCc1cc(C(C)(C)C)c(O)c(C(C)(C)C)c1.[Ca+]. The normalized spacial score (nSPS) is 15.0. The molecule has 4 nitrogen and oxygen atoms in total. The summed E-state index contributed by atoms with van der Waals surface area (Å²) in [6.45, 7) is 13.7. The number of hydrogen-bond donors (Lipinski definition) is 1. The molecule has 1 aromatic rings. The van der Waals surface area contributed by atoms with Gasteiger partial charge in [-0.2, -0.15) is 0 Å². The van der Waals surface area contributed by atoms with Crippen LogP contribution in [0, 0.1) is 0 Å². The van der Waals surface area contributed by atoms with Gasteiger partial charge in [-0.25, -0.2) is 0 Å². The van der Waals surface area contributed by atoms with Crippen LogP contribution in [-0.2, 0) is 26.5 Å². The van der Waals surface area contributed by atoms with Crippen LogP contribution in [0.2, 0.25) is 0 Å². The Labute approximate surface area is 170 Å². The zero-order chi connectivity index (χ0) is 17.3. The van der Waals surface area contributed by atoms with Crippen molar-refractivity contribution in [2.75, 3.05) is 6.16 Å². The molecule has 1 radical (unpaired) electrons. The largest absolute Gasteiger partial charge is 1.00 e. The number of benzene rings is 1. The van der Waals surface area contributed by atoms with Crippen molar-refractivity contribution in [3.8, 4) is 5.75 Å². The van der Waals surface area contributed by atoms with Crippen molar-refractivity contribution in [2.45, 2.75) is 65.9 Å². The summed E-state index contributed by atoms with van der Waals surface area (Å²) in [4.78, 5) is 11.6. The Morgan fingerprint density at radius 1 is 1.09 bits per heavy atom. The number of phenolic OH excluding ortho intramolecular Hbond substituents is 1. The van der Waals surface area contributed by atoms with Gasteiger partial charge >= 0.3 is 37.7 Å². The van der Waals surface area contributed by atoms with Crippen molar-refractivity contribution in [1.82, 2.24) is 0 Å². The fourth-order valence-electron chi connectivity index (χ4n) is 2.19. The summed E-state index contributed by atoms with van der Waals surface area (Å²) in [6, 6.07) is 3.67. The molecule has 127 valence electrons. The Hall–Kier alpha value is 0.430. The number of phenols is 1.